The maximum Gasteiger partial charge on any atom is 0.282 e. The van der Waals surface area contributed by atoms with Crippen LogP contribution in [0.5, 0.6) is 0 Å². The van der Waals surface area contributed by atoms with Gasteiger partial charge in [-0.3, -0.25) is 9.59 Å². The highest BCUT2D eigenvalue weighted by atomic mass is 35.5. The molecule has 9 heteroatoms. The van der Waals surface area contributed by atoms with Gasteiger partial charge in [0.15, 0.2) is 5.13 Å². The van der Waals surface area contributed by atoms with E-state index in [4.69, 9.17) is 23.2 Å². The number of hydrogen-bond acceptors (Lipinski definition) is 5. The van der Waals surface area contributed by atoms with Crippen molar-refractivity contribution in [2.24, 2.45) is 0 Å². The lowest BCUT2D eigenvalue weighted by Crippen LogP contribution is -2.33. The average Bonchev–Trinajstić information content (AvgIpc) is 3.12. The molecule has 2 amide bonds. The number of rotatable bonds is 5. The number of thiazole rings is 1. The molecule has 0 aliphatic carbocycles. The molecule has 1 N–H and O–H groups in total. The first-order valence-corrected chi connectivity index (χ1v) is 9.67. The zero-order chi connectivity index (χ0) is 17.1. The molecule has 1 aromatic heterocycles. The Kier molecular flexibility index (Phi) is 5.65. The van der Waals surface area contributed by atoms with E-state index in [-0.39, 0.29) is 17.7 Å². The van der Waals surface area contributed by atoms with E-state index >= 15 is 0 Å². The zero-order valence-corrected chi connectivity index (χ0v) is 15.6. The Morgan fingerprint density at radius 1 is 1.38 bits per heavy atom. The Bertz CT molecular complexity index is 782. The molecule has 1 aliphatic rings. The zero-order valence-electron chi connectivity index (χ0n) is 12.4. The number of carbonyl (C=O) groups excluding carboxylic acids is 2. The van der Waals surface area contributed by atoms with Crippen molar-refractivity contribution in [1.82, 2.24) is 9.88 Å². The van der Waals surface area contributed by atoms with Gasteiger partial charge in [0.1, 0.15) is 6.54 Å². The summed E-state index contributed by atoms with van der Waals surface area (Å²) in [5.41, 5.74) is 0.947. The van der Waals surface area contributed by atoms with Crippen molar-refractivity contribution in [3.8, 4) is 0 Å². The van der Waals surface area contributed by atoms with Crippen LogP contribution in [-0.2, 0) is 11.2 Å². The Morgan fingerprint density at radius 3 is 2.92 bits per heavy atom. The van der Waals surface area contributed by atoms with Crippen LogP contribution in [0.1, 0.15) is 10.4 Å². The van der Waals surface area contributed by atoms with Crippen LogP contribution in [0.15, 0.2) is 24.4 Å². The smallest absolute Gasteiger partial charge is 0.282 e. The molecule has 1 fully saturated rings. The van der Waals surface area contributed by atoms with Gasteiger partial charge in [-0.1, -0.05) is 41.0 Å². The molecule has 5 nitrogen and oxygen atoms in total. The summed E-state index contributed by atoms with van der Waals surface area (Å²) in [5.74, 6) is 0.492. The van der Waals surface area contributed by atoms with Crippen molar-refractivity contribution in [1.29, 1.82) is 0 Å². The Balaban J connectivity index is 1.59. The van der Waals surface area contributed by atoms with Gasteiger partial charge in [0.25, 0.3) is 5.24 Å². The van der Waals surface area contributed by atoms with E-state index in [9.17, 15) is 9.59 Å². The van der Waals surface area contributed by atoms with E-state index in [1.165, 1.54) is 28.0 Å². The van der Waals surface area contributed by atoms with Gasteiger partial charge in [0, 0.05) is 39.8 Å². The summed E-state index contributed by atoms with van der Waals surface area (Å²) in [6, 6.07) is 5.37. The van der Waals surface area contributed by atoms with E-state index in [0.29, 0.717) is 28.1 Å². The largest absolute Gasteiger partial charge is 0.323 e. The van der Waals surface area contributed by atoms with E-state index in [0.717, 1.165) is 16.2 Å². The molecule has 3 rings (SSSR count). The first-order valence-electron chi connectivity index (χ1n) is 7.11. The maximum absolute atomic E-state index is 12.0. The van der Waals surface area contributed by atoms with Crippen LogP contribution in [0.25, 0.3) is 0 Å². The molecule has 2 aromatic rings. The SMILES string of the molecule is O=C(CN1CCSC1=O)Nc1ncc(Cc2ccc(Cl)cc2Cl)s1. The summed E-state index contributed by atoms with van der Waals surface area (Å²) in [7, 11) is 0. The van der Waals surface area contributed by atoms with Gasteiger partial charge in [-0.15, -0.1) is 11.3 Å². The van der Waals surface area contributed by atoms with Crippen LogP contribution < -0.4 is 5.32 Å². The summed E-state index contributed by atoms with van der Waals surface area (Å²) in [6.45, 7) is 0.666. The highest BCUT2D eigenvalue weighted by Gasteiger charge is 2.23. The number of nitrogens with zero attached hydrogens (tertiary/aromatic N) is 2. The second kappa shape index (κ2) is 7.74. The number of carbonyl (C=O) groups is 2. The van der Waals surface area contributed by atoms with Crippen molar-refractivity contribution >= 4 is 62.6 Å². The minimum Gasteiger partial charge on any atom is -0.323 e. The van der Waals surface area contributed by atoms with Crippen LogP contribution >= 0.6 is 46.3 Å². The van der Waals surface area contributed by atoms with Crippen LogP contribution in [0.4, 0.5) is 9.93 Å². The summed E-state index contributed by atoms with van der Waals surface area (Å²) in [5, 5.41) is 4.39. The molecule has 1 aromatic carbocycles. The third-order valence-electron chi connectivity index (χ3n) is 3.36. The quantitative estimate of drug-likeness (QED) is 0.816. The molecule has 2 heterocycles. The van der Waals surface area contributed by atoms with Crippen molar-refractivity contribution in [3.63, 3.8) is 0 Å². The van der Waals surface area contributed by atoms with Crippen molar-refractivity contribution in [2.75, 3.05) is 24.2 Å². The lowest BCUT2D eigenvalue weighted by molar-refractivity contribution is -0.116. The molecule has 126 valence electrons. The topological polar surface area (TPSA) is 62.3 Å². The molecular formula is C15H13Cl2N3O2S2. The Labute approximate surface area is 157 Å². The lowest BCUT2D eigenvalue weighted by Gasteiger charge is -2.12. The molecular weight excluding hydrogens is 389 g/mol. The molecule has 0 atom stereocenters. The average molecular weight is 402 g/mol. The monoisotopic (exact) mass is 401 g/mol. The molecule has 0 bridgehead atoms. The molecule has 0 spiro atoms. The normalized spacial score (nSPS) is 14.2. The van der Waals surface area contributed by atoms with Crippen LogP contribution in [0.3, 0.4) is 0 Å². The number of halogens is 2. The number of hydrogen-bond donors (Lipinski definition) is 1. The van der Waals surface area contributed by atoms with Gasteiger partial charge in [0.2, 0.25) is 5.91 Å². The fourth-order valence-electron chi connectivity index (χ4n) is 2.20. The highest BCUT2D eigenvalue weighted by Crippen LogP contribution is 2.27. The number of thioether (sulfide) groups is 1. The molecule has 0 saturated carbocycles. The number of nitrogens with one attached hydrogen (secondary N) is 1. The van der Waals surface area contributed by atoms with Gasteiger partial charge in [-0.2, -0.15) is 0 Å². The van der Waals surface area contributed by atoms with Crippen molar-refractivity contribution < 1.29 is 9.59 Å². The van der Waals surface area contributed by atoms with Gasteiger partial charge in [-0.25, -0.2) is 4.98 Å². The second-order valence-corrected chi connectivity index (χ2v) is 8.13. The minimum absolute atomic E-state index is 0.0534. The molecule has 1 aliphatic heterocycles. The number of benzene rings is 1. The fourth-order valence-corrected chi connectivity index (χ4v) is 4.35. The second-order valence-electron chi connectivity index (χ2n) is 5.13. The molecule has 0 radical (unpaired) electrons. The molecule has 1 saturated heterocycles. The summed E-state index contributed by atoms with van der Waals surface area (Å²) >= 11 is 14.7. The number of anilines is 1. The molecule has 24 heavy (non-hydrogen) atoms. The van der Waals surface area contributed by atoms with Crippen LogP contribution in [-0.4, -0.2) is 39.9 Å². The standard InChI is InChI=1S/C15H13Cl2N3O2S2/c16-10-2-1-9(12(17)6-10)5-11-7-18-14(24-11)19-13(21)8-20-3-4-23-15(20)22/h1-2,6-7H,3-5,8H2,(H,18,19,21). The van der Waals surface area contributed by atoms with Gasteiger partial charge in [-0.05, 0) is 17.7 Å². The van der Waals surface area contributed by atoms with E-state index in [2.05, 4.69) is 10.3 Å². The first-order chi connectivity index (χ1) is 11.5. The van der Waals surface area contributed by atoms with E-state index < -0.39 is 0 Å². The predicted octanol–water partition coefficient (Wildman–Crippen LogP) is 4.15. The summed E-state index contributed by atoms with van der Waals surface area (Å²) in [6.07, 6.45) is 2.33. The van der Waals surface area contributed by atoms with Gasteiger partial charge in [0.05, 0.1) is 0 Å². The minimum atomic E-state index is -0.240. The fraction of sp³-hybridized carbons (Fsp3) is 0.267. The summed E-state index contributed by atoms with van der Waals surface area (Å²) < 4.78 is 0. The predicted molar refractivity (Wildman–Crippen MR) is 99.4 cm³/mol. The Hall–Kier alpha value is -1.28. The van der Waals surface area contributed by atoms with E-state index in [1.807, 2.05) is 6.07 Å². The van der Waals surface area contributed by atoms with Crippen LogP contribution in [0, 0.1) is 0 Å². The van der Waals surface area contributed by atoms with Crippen molar-refractivity contribution in [2.45, 2.75) is 6.42 Å². The number of amides is 2. The molecule has 0 unspecified atom stereocenters. The maximum atomic E-state index is 12.0. The summed E-state index contributed by atoms with van der Waals surface area (Å²) in [4.78, 5) is 30.2. The van der Waals surface area contributed by atoms with Gasteiger partial charge < -0.3 is 10.2 Å². The first kappa shape index (κ1) is 17.5. The lowest BCUT2D eigenvalue weighted by atomic mass is 10.1. The number of aromatic nitrogens is 1. The third-order valence-corrected chi connectivity index (χ3v) is 5.75. The van der Waals surface area contributed by atoms with E-state index in [1.54, 1.807) is 18.3 Å². The third kappa shape index (κ3) is 4.42. The van der Waals surface area contributed by atoms with Gasteiger partial charge >= 0.3 is 0 Å². The Morgan fingerprint density at radius 2 is 2.21 bits per heavy atom. The highest BCUT2D eigenvalue weighted by molar-refractivity contribution is 8.13. The van der Waals surface area contributed by atoms with Crippen molar-refractivity contribution in [3.05, 3.63) is 44.9 Å². The van der Waals surface area contributed by atoms with Crippen LogP contribution in [0.2, 0.25) is 10.0 Å².